The van der Waals surface area contributed by atoms with Crippen LogP contribution in [0.1, 0.15) is 39.5 Å². The minimum atomic E-state index is -0.635. The number of ether oxygens (including phenoxy) is 1. The number of likely N-dealkylation sites (N-methyl/N-ethyl adjacent to an activating group) is 1. The van der Waals surface area contributed by atoms with Crippen LogP contribution >= 0.6 is 0 Å². The van der Waals surface area contributed by atoms with E-state index in [-0.39, 0.29) is 17.4 Å². The minimum absolute atomic E-state index is 0.0221. The molecule has 0 saturated carbocycles. The van der Waals surface area contributed by atoms with Crippen molar-refractivity contribution in [1.82, 2.24) is 19.3 Å². The lowest BCUT2D eigenvalue weighted by Gasteiger charge is -2.24. The zero-order valence-corrected chi connectivity index (χ0v) is 16.9. The number of nitrogens with two attached hydrogens (primary N) is 1. The van der Waals surface area contributed by atoms with Crippen LogP contribution in [0, 0.1) is 5.82 Å². The molecule has 1 unspecified atom stereocenters. The van der Waals surface area contributed by atoms with E-state index < -0.39 is 11.7 Å². The van der Waals surface area contributed by atoms with E-state index in [0.29, 0.717) is 23.2 Å². The average Bonchev–Trinajstić information content (AvgIpc) is 3.49. The van der Waals surface area contributed by atoms with Gasteiger partial charge in [-0.05, 0) is 48.6 Å². The Morgan fingerprint density at radius 3 is 2.87 bits per heavy atom. The lowest BCUT2D eigenvalue weighted by Crippen LogP contribution is -2.32. The zero-order valence-electron chi connectivity index (χ0n) is 16.9. The summed E-state index contributed by atoms with van der Waals surface area (Å²) in [7, 11) is 1.69. The second-order valence-electron chi connectivity index (χ2n) is 8.22. The second-order valence-corrected chi connectivity index (χ2v) is 8.22. The first kappa shape index (κ1) is 18.1. The monoisotopic (exact) mass is 417 g/mol. The highest BCUT2D eigenvalue weighted by molar-refractivity contribution is 5.98. The highest BCUT2D eigenvalue weighted by Gasteiger charge is 2.33. The predicted octanol–water partition coefficient (Wildman–Crippen LogP) is 3.30. The number of hydrogen-bond donors (Lipinski definition) is 1. The maximum absolute atomic E-state index is 15.0. The number of amides is 1. The molecular formula is C23H20FN5O2. The number of carbonyl (C=O) groups is 1. The van der Waals surface area contributed by atoms with Gasteiger partial charge >= 0.3 is 0 Å². The van der Waals surface area contributed by atoms with Gasteiger partial charge in [-0.15, -0.1) is 0 Å². The van der Waals surface area contributed by atoms with Crippen LogP contribution in [-0.2, 0) is 12.8 Å². The number of nitrogen functional groups attached to an aromatic ring is 1. The maximum atomic E-state index is 15.0. The van der Waals surface area contributed by atoms with Crippen molar-refractivity contribution in [3.63, 3.8) is 0 Å². The van der Waals surface area contributed by atoms with Gasteiger partial charge in [0.15, 0.2) is 0 Å². The Kier molecular flexibility index (Phi) is 3.74. The molecule has 31 heavy (non-hydrogen) atoms. The summed E-state index contributed by atoms with van der Waals surface area (Å²) in [4.78, 5) is 23.3. The molecule has 7 nitrogen and oxygen atoms in total. The Labute approximate surface area is 177 Å². The predicted molar refractivity (Wildman–Crippen MR) is 114 cm³/mol. The minimum Gasteiger partial charge on any atom is -0.491 e. The van der Waals surface area contributed by atoms with E-state index in [0.717, 1.165) is 30.6 Å². The average molecular weight is 417 g/mol. The number of aromatic nitrogens is 3. The highest BCUT2D eigenvalue weighted by Crippen LogP contribution is 2.40. The van der Waals surface area contributed by atoms with Crippen LogP contribution in [0.3, 0.4) is 0 Å². The number of hydrogen-bond acceptors (Lipinski definition) is 5. The van der Waals surface area contributed by atoms with Crippen LogP contribution in [0.2, 0.25) is 0 Å². The van der Waals surface area contributed by atoms with Gasteiger partial charge in [0, 0.05) is 18.7 Å². The largest absolute Gasteiger partial charge is 0.491 e. The molecule has 1 aliphatic heterocycles. The lowest BCUT2D eigenvalue weighted by molar-refractivity contribution is 0.0704. The fourth-order valence-corrected chi connectivity index (χ4v) is 4.78. The first-order chi connectivity index (χ1) is 15.0. The second kappa shape index (κ2) is 6.41. The number of fused-ring (bicyclic) bond motifs is 5. The number of nitrogens with zero attached hydrogens (tertiary/aromatic N) is 4. The third-order valence-corrected chi connectivity index (χ3v) is 6.46. The molecule has 0 saturated heterocycles. The molecule has 156 valence electrons. The molecule has 4 aromatic rings. The topological polar surface area (TPSA) is 85.8 Å². The summed E-state index contributed by atoms with van der Waals surface area (Å²) >= 11 is 0. The Bertz CT molecular complexity index is 1400. The van der Waals surface area contributed by atoms with Crippen molar-refractivity contribution < 1.29 is 13.9 Å². The van der Waals surface area contributed by atoms with Gasteiger partial charge in [0.25, 0.3) is 5.91 Å². The molecule has 2 aromatic heterocycles. The van der Waals surface area contributed by atoms with E-state index >= 15 is 0 Å². The van der Waals surface area contributed by atoms with Crippen LogP contribution in [0.5, 0.6) is 5.75 Å². The summed E-state index contributed by atoms with van der Waals surface area (Å²) in [5, 5.41) is 0. The molecule has 3 heterocycles. The number of aryl methyl sites for hydroxylation is 2. The fraction of sp³-hybridized carbons (Fsp3) is 0.261. The number of rotatable bonds is 2. The van der Waals surface area contributed by atoms with Gasteiger partial charge in [-0.25, -0.2) is 14.4 Å². The fourth-order valence-electron chi connectivity index (χ4n) is 4.78. The molecule has 1 aliphatic carbocycles. The van der Waals surface area contributed by atoms with Crippen LogP contribution in [0.4, 0.5) is 10.2 Å². The van der Waals surface area contributed by atoms with Gasteiger partial charge < -0.3 is 15.4 Å². The smallest absolute Gasteiger partial charge is 0.257 e. The molecule has 1 amide bonds. The van der Waals surface area contributed by atoms with E-state index in [1.165, 1.54) is 23.3 Å². The summed E-state index contributed by atoms with van der Waals surface area (Å²) in [6.07, 6.45) is 6.41. The van der Waals surface area contributed by atoms with Gasteiger partial charge in [0.2, 0.25) is 0 Å². The molecule has 8 heteroatoms. The molecule has 2 aromatic carbocycles. The first-order valence-electron chi connectivity index (χ1n) is 10.3. The summed E-state index contributed by atoms with van der Waals surface area (Å²) in [5.74, 6) is 0.0344. The summed E-state index contributed by atoms with van der Waals surface area (Å²) in [6, 6.07) is 6.75. The lowest BCUT2D eigenvalue weighted by atomic mass is 10.0. The van der Waals surface area contributed by atoms with Crippen LogP contribution in [0.25, 0.3) is 16.6 Å². The number of halogens is 1. The molecule has 0 fully saturated rings. The third-order valence-electron chi connectivity index (χ3n) is 6.46. The zero-order chi connectivity index (χ0) is 21.3. The molecule has 0 spiro atoms. The number of imidazole rings is 1. The van der Waals surface area contributed by atoms with Crippen LogP contribution < -0.4 is 10.5 Å². The van der Waals surface area contributed by atoms with E-state index in [4.69, 9.17) is 10.5 Å². The Hall–Kier alpha value is -3.68. The van der Waals surface area contributed by atoms with E-state index in [2.05, 4.69) is 22.1 Å². The first-order valence-corrected chi connectivity index (χ1v) is 10.3. The SMILES string of the molecule is CN(C(=O)c1cc2c(cc1F)nc(N)c1cncn12)C1COc2cc3c(cc21)CCC3. The van der Waals surface area contributed by atoms with Gasteiger partial charge in [0.05, 0.1) is 35.2 Å². The normalized spacial score (nSPS) is 17.0. The van der Waals surface area contributed by atoms with E-state index in [1.54, 1.807) is 28.9 Å². The van der Waals surface area contributed by atoms with Crippen LogP contribution in [-0.4, -0.2) is 38.8 Å². The molecular weight excluding hydrogens is 397 g/mol. The van der Waals surface area contributed by atoms with Gasteiger partial charge in [-0.3, -0.25) is 9.20 Å². The molecule has 1 atom stereocenters. The maximum Gasteiger partial charge on any atom is 0.257 e. The molecule has 0 bridgehead atoms. The van der Waals surface area contributed by atoms with E-state index in [1.807, 2.05) is 0 Å². The van der Waals surface area contributed by atoms with Crippen molar-refractivity contribution in [2.75, 3.05) is 19.4 Å². The molecule has 2 aliphatic rings. The Balaban J connectivity index is 1.41. The summed E-state index contributed by atoms with van der Waals surface area (Å²) in [5.41, 5.74) is 11.1. The van der Waals surface area contributed by atoms with Crippen molar-refractivity contribution >= 4 is 28.3 Å². The van der Waals surface area contributed by atoms with Gasteiger partial charge in [-0.1, -0.05) is 0 Å². The quantitative estimate of drug-likeness (QED) is 0.541. The number of carbonyl (C=O) groups excluding carboxylic acids is 1. The molecule has 6 rings (SSSR count). The van der Waals surface area contributed by atoms with Crippen molar-refractivity contribution in [1.29, 1.82) is 0 Å². The van der Waals surface area contributed by atoms with Gasteiger partial charge in [0.1, 0.15) is 29.5 Å². The Morgan fingerprint density at radius 1 is 1.23 bits per heavy atom. The number of benzene rings is 2. The van der Waals surface area contributed by atoms with E-state index in [9.17, 15) is 9.18 Å². The number of anilines is 1. The standard InChI is InChI=1S/C23H20FN5O2/c1-28(20-10-31-21-6-13-4-2-3-12(13)5-15(20)21)23(30)14-7-18-17(8-16(14)24)27-22(25)19-9-26-11-29(18)19/h5-9,11,20H,2-4,10H2,1H3,(H2,25,27). The molecule has 2 N–H and O–H groups in total. The van der Waals surface area contributed by atoms with Crippen LogP contribution in [0.15, 0.2) is 36.8 Å². The Morgan fingerprint density at radius 2 is 2.03 bits per heavy atom. The van der Waals surface area contributed by atoms with Gasteiger partial charge in [-0.2, -0.15) is 0 Å². The van der Waals surface area contributed by atoms with Crippen molar-refractivity contribution in [3.8, 4) is 5.75 Å². The molecule has 0 radical (unpaired) electrons. The van der Waals surface area contributed by atoms with Crippen molar-refractivity contribution in [2.24, 2.45) is 0 Å². The highest BCUT2D eigenvalue weighted by atomic mass is 19.1. The van der Waals surface area contributed by atoms with Crippen molar-refractivity contribution in [3.05, 3.63) is 64.9 Å². The third kappa shape index (κ3) is 2.60. The summed E-state index contributed by atoms with van der Waals surface area (Å²) in [6.45, 7) is 0.361. The van der Waals surface area contributed by atoms with Crippen molar-refractivity contribution in [2.45, 2.75) is 25.3 Å². The summed E-state index contributed by atoms with van der Waals surface area (Å²) < 4.78 is 22.6.